The Hall–Kier alpha value is -3.33. The van der Waals surface area contributed by atoms with Gasteiger partial charge in [0.05, 0.1) is 11.8 Å². The standard InChI is InChI=1S/C24H18O3/c1-15-8-7-11-17(14-15)22(25)20(16-9-3-2-4-10-16)21-23(26)18-12-5-6-13-19(18)24(21)27/h2-14,20-21H,1H3/t20-/m1/s1. The van der Waals surface area contributed by atoms with Crippen LogP contribution in [-0.2, 0) is 0 Å². The van der Waals surface area contributed by atoms with Crippen LogP contribution in [0.5, 0.6) is 0 Å². The predicted molar refractivity (Wildman–Crippen MR) is 103 cm³/mol. The summed E-state index contributed by atoms with van der Waals surface area (Å²) < 4.78 is 0. The number of Topliss-reactive ketones (excluding diaryl/α,β-unsaturated/α-hetero) is 3. The third kappa shape index (κ3) is 2.91. The lowest BCUT2D eigenvalue weighted by molar-refractivity contribution is 0.0757. The second-order valence-corrected chi connectivity index (χ2v) is 6.87. The van der Waals surface area contributed by atoms with Crippen LogP contribution in [0.25, 0.3) is 0 Å². The van der Waals surface area contributed by atoms with Gasteiger partial charge in [0, 0.05) is 16.7 Å². The Bertz CT molecular complexity index is 1010. The van der Waals surface area contributed by atoms with Crippen LogP contribution < -0.4 is 0 Å². The highest BCUT2D eigenvalue weighted by Crippen LogP contribution is 2.38. The van der Waals surface area contributed by atoms with Crippen LogP contribution in [0.2, 0.25) is 0 Å². The summed E-state index contributed by atoms with van der Waals surface area (Å²) in [5, 5.41) is 0. The average Bonchev–Trinajstić information content (AvgIpc) is 2.94. The number of rotatable bonds is 4. The van der Waals surface area contributed by atoms with Gasteiger partial charge in [0.15, 0.2) is 17.3 Å². The van der Waals surface area contributed by atoms with Crippen molar-refractivity contribution in [1.29, 1.82) is 0 Å². The molecule has 3 nitrogen and oxygen atoms in total. The first kappa shape index (κ1) is 17.1. The van der Waals surface area contributed by atoms with Gasteiger partial charge in [-0.2, -0.15) is 0 Å². The minimum absolute atomic E-state index is 0.204. The summed E-state index contributed by atoms with van der Waals surface area (Å²) >= 11 is 0. The Labute approximate surface area is 157 Å². The highest BCUT2D eigenvalue weighted by Gasteiger charge is 2.46. The van der Waals surface area contributed by atoms with Crippen LogP contribution in [0.15, 0.2) is 78.9 Å². The van der Waals surface area contributed by atoms with Crippen molar-refractivity contribution >= 4 is 17.3 Å². The van der Waals surface area contributed by atoms with Crippen molar-refractivity contribution in [3.63, 3.8) is 0 Å². The van der Waals surface area contributed by atoms with E-state index in [1.54, 1.807) is 36.4 Å². The van der Waals surface area contributed by atoms with Crippen LogP contribution in [-0.4, -0.2) is 17.3 Å². The molecule has 1 atom stereocenters. The van der Waals surface area contributed by atoms with Crippen LogP contribution in [0, 0.1) is 12.8 Å². The Morgan fingerprint density at radius 2 is 1.37 bits per heavy atom. The fourth-order valence-electron chi connectivity index (χ4n) is 3.80. The minimum Gasteiger partial charge on any atom is -0.293 e. The maximum atomic E-state index is 13.4. The van der Waals surface area contributed by atoms with Crippen molar-refractivity contribution < 1.29 is 14.4 Å². The lowest BCUT2D eigenvalue weighted by Crippen LogP contribution is -2.30. The van der Waals surface area contributed by atoms with Gasteiger partial charge in [-0.25, -0.2) is 0 Å². The molecule has 1 aliphatic rings. The normalized spacial score (nSPS) is 14.9. The van der Waals surface area contributed by atoms with Gasteiger partial charge in [-0.3, -0.25) is 14.4 Å². The van der Waals surface area contributed by atoms with E-state index in [4.69, 9.17) is 0 Å². The van der Waals surface area contributed by atoms with E-state index in [1.165, 1.54) is 0 Å². The molecule has 0 aromatic heterocycles. The highest BCUT2D eigenvalue weighted by atomic mass is 16.2. The third-order valence-corrected chi connectivity index (χ3v) is 5.10. The van der Waals surface area contributed by atoms with E-state index in [1.807, 2.05) is 49.4 Å². The molecule has 0 N–H and O–H groups in total. The molecule has 0 amide bonds. The Morgan fingerprint density at radius 1 is 0.778 bits per heavy atom. The lowest BCUT2D eigenvalue weighted by atomic mass is 9.78. The summed E-state index contributed by atoms with van der Waals surface area (Å²) in [6.45, 7) is 1.91. The number of carbonyl (C=O) groups excluding carboxylic acids is 3. The summed E-state index contributed by atoms with van der Waals surface area (Å²) in [6.07, 6.45) is 0. The van der Waals surface area contributed by atoms with Crippen molar-refractivity contribution in [3.8, 4) is 0 Å². The predicted octanol–water partition coefficient (Wildman–Crippen LogP) is 4.66. The highest BCUT2D eigenvalue weighted by molar-refractivity contribution is 6.29. The lowest BCUT2D eigenvalue weighted by Gasteiger charge is -2.21. The second kappa shape index (κ2) is 6.76. The van der Waals surface area contributed by atoms with Crippen molar-refractivity contribution in [2.24, 2.45) is 5.92 Å². The fourth-order valence-corrected chi connectivity index (χ4v) is 3.80. The monoisotopic (exact) mass is 354 g/mol. The number of ketones is 3. The number of aryl methyl sites for hydroxylation is 1. The molecule has 0 radical (unpaired) electrons. The molecule has 3 aromatic carbocycles. The molecule has 0 bridgehead atoms. The fraction of sp³-hybridized carbons (Fsp3) is 0.125. The summed E-state index contributed by atoms with van der Waals surface area (Å²) in [5.41, 5.74) is 2.97. The molecule has 0 heterocycles. The zero-order valence-corrected chi connectivity index (χ0v) is 14.9. The summed E-state index contributed by atoms with van der Waals surface area (Å²) in [5.74, 6) is -2.60. The molecule has 27 heavy (non-hydrogen) atoms. The quantitative estimate of drug-likeness (QED) is 0.506. The maximum absolute atomic E-state index is 13.4. The van der Waals surface area contributed by atoms with E-state index in [-0.39, 0.29) is 17.3 Å². The molecule has 4 rings (SSSR count). The number of carbonyl (C=O) groups is 3. The van der Waals surface area contributed by atoms with E-state index in [2.05, 4.69) is 0 Å². The van der Waals surface area contributed by atoms with E-state index < -0.39 is 11.8 Å². The van der Waals surface area contributed by atoms with Gasteiger partial charge in [0.2, 0.25) is 0 Å². The molecule has 0 fully saturated rings. The van der Waals surface area contributed by atoms with Gasteiger partial charge in [-0.05, 0) is 18.6 Å². The van der Waals surface area contributed by atoms with Crippen LogP contribution >= 0.6 is 0 Å². The first-order chi connectivity index (χ1) is 13.1. The molecule has 0 unspecified atom stereocenters. The molecule has 0 saturated heterocycles. The first-order valence-electron chi connectivity index (χ1n) is 8.91. The smallest absolute Gasteiger partial charge is 0.175 e. The largest absolute Gasteiger partial charge is 0.293 e. The maximum Gasteiger partial charge on any atom is 0.175 e. The van der Waals surface area contributed by atoms with E-state index in [0.29, 0.717) is 22.3 Å². The molecule has 1 aliphatic carbocycles. The summed E-state index contributed by atoms with van der Waals surface area (Å²) in [7, 11) is 0. The Kier molecular flexibility index (Phi) is 4.28. The molecule has 0 saturated carbocycles. The zero-order chi connectivity index (χ0) is 19.0. The summed E-state index contributed by atoms with van der Waals surface area (Å²) in [4.78, 5) is 39.5. The molecule has 3 aromatic rings. The van der Waals surface area contributed by atoms with Crippen LogP contribution in [0.1, 0.15) is 48.1 Å². The van der Waals surface area contributed by atoms with Gasteiger partial charge < -0.3 is 0 Å². The van der Waals surface area contributed by atoms with E-state index >= 15 is 0 Å². The van der Waals surface area contributed by atoms with E-state index in [0.717, 1.165) is 5.56 Å². The molecule has 0 aliphatic heterocycles. The van der Waals surface area contributed by atoms with Crippen molar-refractivity contribution in [1.82, 2.24) is 0 Å². The minimum atomic E-state index is -1.02. The molecule has 3 heteroatoms. The first-order valence-corrected chi connectivity index (χ1v) is 8.91. The number of hydrogen-bond acceptors (Lipinski definition) is 3. The van der Waals surface area contributed by atoms with Gasteiger partial charge in [0.25, 0.3) is 0 Å². The number of fused-ring (bicyclic) bond motifs is 1. The van der Waals surface area contributed by atoms with Crippen molar-refractivity contribution in [3.05, 3.63) is 107 Å². The second-order valence-electron chi connectivity index (χ2n) is 6.87. The van der Waals surface area contributed by atoms with Gasteiger partial charge in [-0.1, -0.05) is 78.4 Å². The van der Waals surface area contributed by atoms with E-state index in [9.17, 15) is 14.4 Å². The van der Waals surface area contributed by atoms with Crippen LogP contribution in [0.3, 0.4) is 0 Å². The molecular formula is C24H18O3. The van der Waals surface area contributed by atoms with Crippen molar-refractivity contribution in [2.45, 2.75) is 12.8 Å². The third-order valence-electron chi connectivity index (χ3n) is 5.10. The molecule has 0 spiro atoms. The zero-order valence-electron chi connectivity index (χ0n) is 14.9. The average molecular weight is 354 g/mol. The Balaban J connectivity index is 1.84. The van der Waals surface area contributed by atoms with Gasteiger partial charge >= 0.3 is 0 Å². The number of hydrogen-bond donors (Lipinski definition) is 0. The van der Waals surface area contributed by atoms with Crippen molar-refractivity contribution in [2.75, 3.05) is 0 Å². The van der Waals surface area contributed by atoms with Crippen LogP contribution in [0.4, 0.5) is 0 Å². The van der Waals surface area contributed by atoms with Gasteiger partial charge in [-0.15, -0.1) is 0 Å². The topological polar surface area (TPSA) is 51.2 Å². The molecule has 132 valence electrons. The summed E-state index contributed by atoms with van der Waals surface area (Å²) in [6, 6.07) is 23.2. The Morgan fingerprint density at radius 3 is 1.96 bits per heavy atom. The number of benzene rings is 3. The molecular weight excluding hydrogens is 336 g/mol. The SMILES string of the molecule is Cc1cccc(C(=O)[C@H](c2ccccc2)C2C(=O)c3ccccc3C2=O)c1. The van der Waals surface area contributed by atoms with Gasteiger partial charge in [0.1, 0.15) is 0 Å².